The van der Waals surface area contributed by atoms with E-state index in [9.17, 15) is 4.79 Å². The van der Waals surface area contributed by atoms with Crippen LogP contribution in [0, 0.1) is 0 Å². The molecule has 0 heterocycles. The van der Waals surface area contributed by atoms with Gasteiger partial charge in [-0.1, -0.05) is 48.8 Å². The smallest absolute Gasteiger partial charge is 0.251 e. The van der Waals surface area contributed by atoms with Crippen LogP contribution < -0.4 is 10.1 Å². The van der Waals surface area contributed by atoms with E-state index in [0.717, 1.165) is 10.2 Å². The van der Waals surface area contributed by atoms with Crippen LogP contribution in [0.1, 0.15) is 36.7 Å². The van der Waals surface area contributed by atoms with Gasteiger partial charge >= 0.3 is 0 Å². The zero-order chi connectivity index (χ0) is 16.9. The van der Waals surface area contributed by atoms with E-state index in [0.29, 0.717) is 18.7 Å². The van der Waals surface area contributed by atoms with Crippen molar-refractivity contribution in [2.45, 2.75) is 26.2 Å². The van der Waals surface area contributed by atoms with Crippen LogP contribution in [0.25, 0.3) is 0 Å². The maximum Gasteiger partial charge on any atom is 0.251 e. The Labute approximate surface area is 146 Å². The number of rotatable bonds is 5. The van der Waals surface area contributed by atoms with Gasteiger partial charge < -0.3 is 10.1 Å². The molecule has 3 nitrogen and oxygen atoms in total. The molecule has 0 saturated heterocycles. The molecule has 0 atom stereocenters. The fourth-order valence-corrected chi connectivity index (χ4v) is 2.35. The lowest BCUT2D eigenvalue weighted by molar-refractivity contribution is 0.0947. The minimum absolute atomic E-state index is 0.0788. The molecule has 0 aliphatic heterocycles. The second-order valence-electron chi connectivity index (χ2n) is 6.39. The lowest BCUT2D eigenvalue weighted by Gasteiger charge is -2.19. The summed E-state index contributed by atoms with van der Waals surface area (Å²) in [5, 5.41) is 2.87. The SMILES string of the molecule is CC(C)(C)c1ccc(C(=O)NCCOc2ccc(Br)cc2)cc1. The van der Waals surface area contributed by atoms with E-state index in [-0.39, 0.29) is 11.3 Å². The molecule has 23 heavy (non-hydrogen) atoms. The Morgan fingerprint density at radius 3 is 2.22 bits per heavy atom. The van der Waals surface area contributed by atoms with Crippen LogP contribution >= 0.6 is 15.9 Å². The lowest BCUT2D eigenvalue weighted by atomic mass is 9.87. The second-order valence-corrected chi connectivity index (χ2v) is 7.30. The summed E-state index contributed by atoms with van der Waals surface area (Å²) in [4.78, 5) is 12.1. The Bertz CT molecular complexity index is 643. The van der Waals surface area contributed by atoms with Crippen molar-refractivity contribution in [3.8, 4) is 5.75 Å². The number of nitrogens with one attached hydrogen (secondary N) is 1. The third kappa shape index (κ3) is 5.39. The van der Waals surface area contributed by atoms with Crippen molar-refractivity contribution < 1.29 is 9.53 Å². The monoisotopic (exact) mass is 375 g/mol. The van der Waals surface area contributed by atoms with Crippen LogP contribution in [0.4, 0.5) is 0 Å². The average Bonchev–Trinajstić information content (AvgIpc) is 2.52. The summed E-state index contributed by atoms with van der Waals surface area (Å²) < 4.78 is 6.59. The van der Waals surface area contributed by atoms with Crippen LogP contribution in [-0.4, -0.2) is 19.1 Å². The molecular formula is C19H22BrNO2. The maximum absolute atomic E-state index is 12.1. The standard InChI is InChI=1S/C19H22BrNO2/c1-19(2,3)15-6-4-14(5-7-15)18(22)21-12-13-23-17-10-8-16(20)9-11-17/h4-11H,12-13H2,1-3H3,(H,21,22). The number of benzene rings is 2. The topological polar surface area (TPSA) is 38.3 Å². The molecule has 0 aromatic heterocycles. The number of hydrogen-bond acceptors (Lipinski definition) is 2. The summed E-state index contributed by atoms with van der Waals surface area (Å²) in [6.07, 6.45) is 0. The Kier molecular flexibility index (Phi) is 5.83. The highest BCUT2D eigenvalue weighted by Crippen LogP contribution is 2.22. The normalized spacial score (nSPS) is 11.1. The van der Waals surface area contributed by atoms with Crippen LogP contribution in [0.15, 0.2) is 53.0 Å². The molecule has 0 aliphatic carbocycles. The predicted molar refractivity (Wildman–Crippen MR) is 97.1 cm³/mol. The third-order valence-electron chi connectivity index (χ3n) is 3.48. The van der Waals surface area contributed by atoms with Gasteiger partial charge in [0.15, 0.2) is 0 Å². The van der Waals surface area contributed by atoms with Gasteiger partial charge in [0.25, 0.3) is 5.91 Å². The van der Waals surface area contributed by atoms with Crippen molar-refractivity contribution in [3.63, 3.8) is 0 Å². The first-order chi connectivity index (χ1) is 10.9. The molecular weight excluding hydrogens is 354 g/mol. The zero-order valence-corrected chi connectivity index (χ0v) is 15.3. The Morgan fingerprint density at radius 2 is 1.65 bits per heavy atom. The van der Waals surface area contributed by atoms with Crippen molar-refractivity contribution in [2.24, 2.45) is 0 Å². The number of halogens is 1. The largest absolute Gasteiger partial charge is 0.492 e. The molecule has 122 valence electrons. The molecule has 0 fully saturated rings. The van der Waals surface area contributed by atoms with E-state index in [1.165, 1.54) is 5.56 Å². The van der Waals surface area contributed by atoms with Crippen molar-refractivity contribution in [1.82, 2.24) is 5.32 Å². The molecule has 1 amide bonds. The summed E-state index contributed by atoms with van der Waals surface area (Å²) in [6.45, 7) is 7.37. The van der Waals surface area contributed by atoms with Crippen molar-refractivity contribution in [1.29, 1.82) is 0 Å². The zero-order valence-electron chi connectivity index (χ0n) is 13.7. The molecule has 2 aromatic carbocycles. The minimum Gasteiger partial charge on any atom is -0.492 e. The molecule has 2 rings (SSSR count). The van der Waals surface area contributed by atoms with E-state index in [1.807, 2.05) is 48.5 Å². The molecule has 0 unspecified atom stereocenters. The van der Waals surface area contributed by atoms with Crippen molar-refractivity contribution >= 4 is 21.8 Å². The van der Waals surface area contributed by atoms with Crippen molar-refractivity contribution in [2.75, 3.05) is 13.2 Å². The quantitative estimate of drug-likeness (QED) is 0.778. The Morgan fingerprint density at radius 1 is 1.04 bits per heavy atom. The highest BCUT2D eigenvalue weighted by molar-refractivity contribution is 9.10. The van der Waals surface area contributed by atoms with Gasteiger partial charge in [-0.15, -0.1) is 0 Å². The van der Waals surface area contributed by atoms with Gasteiger partial charge in [0.2, 0.25) is 0 Å². The van der Waals surface area contributed by atoms with E-state index >= 15 is 0 Å². The van der Waals surface area contributed by atoms with E-state index in [2.05, 4.69) is 42.0 Å². The molecule has 0 radical (unpaired) electrons. The Balaban J connectivity index is 1.79. The van der Waals surface area contributed by atoms with Gasteiger partial charge in [-0.2, -0.15) is 0 Å². The van der Waals surface area contributed by atoms with Gasteiger partial charge in [-0.3, -0.25) is 4.79 Å². The highest BCUT2D eigenvalue weighted by atomic mass is 79.9. The average molecular weight is 376 g/mol. The minimum atomic E-state index is -0.0788. The van der Waals surface area contributed by atoms with Gasteiger partial charge in [0.1, 0.15) is 12.4 Å². The van der Waals surface area contributed by atoms with Crippen LogP contribution in [0.3, 0.4) is 0 Å². The second kappa shape index (κ2) is 7.64. The van der Waals surface area contributed by atoms with E-state index in [4.69, 9.17) is 4.74 Å². The molecule has 1 N–H and O–H groups in total. The summed E-state index contributed by atoms with van der Waals surface area (Å²) in [7, 11) is 0. The van der Waals surface area contributed by atoms with Crippen LogP contribution in [0.5, 0.6) is 5.75 Å². The molecule has 0 saturated carbocycles. The molecule has 2 aromatic rings. The first-order valence-corrected chi connectivity index (χ1v) is 8.43. The van der Waals surface area contributed by atoms with Crippen molar-refractivity contribution in [3.05, 3.63) is 64.1 Å². The molecule has 0 bridgehead atoms. The van der Waals surface area contributed by atoms with Gasteiger partial charge in [0.05, 0.1) is 6.54 Å². The number of hydrogen-bond donors (Lipinski definition) is 1. The van der Waals surface area contributed by atoms with Gasteiger partial charge in [-0.05, 0) is 47.4 Å². The van der Waals surface area contributed by atoms with Gasteiger partial charge in [0, 0.05) is 10.0 Å². The fourth-order valence-electron chi connectivity index (χ4n) is 2.09. The molecule has 0 aliphatic rings. The molecule has 0 spiro atoms. The first kappa shape index (κ1) is 17.5. The maximum atomic E-state index is 12.1. The summed E-state index contributed by atoms with van der Waals surface area (Å²) in [6, 6.07) is 15.4. The third-order valence-corrected chi connectivity index (χ3v) is 4.01. The fraction of sp³-hybridized carbons (Fsp3) is 0.316. The number of ether oxygens (including phenoxy) is 1. The number of carbonyl (C=O) groups excluding carboxylic acids is 1. The highest BCUT2D eigenvalue weighted by Gasteiger charge is 2.14. The predicted octanol–water partition coefficient (Wildman–Crippen LogP) is 4.56. The summed E-state index contributed by atoms with van der Waals surface area (Å²) in [5.41, 5.74) is 1.97. The Hall–Kier alpha value is -1.81. The lowest BCUT2D eigenvalue weighted by Crippen LogP contribution is -2.28. The van der Waals surface area contributed by atoms with E-state index < -0.39 is 0 Å². The van der Waals surface area contributed by atoms with Gasteiger partial charge in [-0.25, -0.2) is 0 Å². The first-order valence-electron chi connectivity index (χ1n) is 7.63. The summed E-state index contributed by atoms with van der Waals surface area (Å²) >= 11 is 3.38. The number of amides is 1. The van der Waals surface area contributed by atoms with Crippen LogP contribution in [-0.2, 0) is 5.41 Å². The number of carbonyl (C=O) groups is 1. The molecule has 4 heteroatoms. The summed E-state index contributed by atoms with van der Waals surface area (Å²) in [5.74, 6) is 0.710. The van der Waals surface area contributed by atoms with E-state index in [1.54, 1.807) is 0 Å². The van der Waals surface area contributed by atoms with Crippen LogP contribution in [0.2, 0.25) is 0 Å².